The summed E-state index contributed by atoms with van der Waals surface area (Å²) >= 11 is 0. The normalized spacial score (nSPS) is 24.5. The Bertz CT molecular complexity index is 398. The van der Waals surface area contributed by atoms with Crippen LogP contribution in [0, 0.1) is 5.82 Å². The van der Waals surface area contributed by atoms with Gasteiger partial charge < -0.3 is 0 Å². The van der Waals surface area contributed by atoms with Gasteiger partial charge in [0, 0.05) is 17.6 Å². The maximum Gasteiger partial charge on any atom is 0.123 e. The summed E-state index contributed by atoms with van der Waals surface area (Å²) < 4.78 is 13.3. The summed E-state index contributed by atoms with van der Waals surface area (Å²) in [5.41, 5.74) is 1.33. The first-order chi connectivity index (χ1) is 7.92. The third-order valence-electron chi connectivity index (χ3n) is 3.85. The largest absolute Gasteiger partial charge is 0.289 e. The van der Waals surface area contributed by atoms with Crippen molar-refractivity contribution in [3.8, 4) is 0 Å². The molecule has 1 aromatic rings. The van der Waals surface area contributed by atoms with Crippen LogP contribution in [0.1, 0.15) is 52.1 Å². The minimum atomic E-state index is -0.129. The van der Waals surface area contributed by atoms with Gasteiger partial charge in [-0.25, -0.2) is 4.39 Å². The molecule has 0 aliphatic carbocycles. The molecule has 0 bridgehead atoms. The molecule has 2 heteroatoms. The molecule has 1 aliphatic rings. The third-order valence-corrected chi connectivity index (χ3v) is 3.85. The molecular formula is C15H22FN. The van der Waals surface area contributed by atoms with Crippen LogP contribution in [-0.2, 0) is 0 Å². The third kappa shape index (κ3) is 2.37. The number of hydrogen-bond donors (Lipinski definition) is 0. The fourth-order valence-corrected chi connectivity index (χ4v) is 3.28. The van der Waals surface area contributed by atoms with Crippen molar-refractivity contribution in [2.45, 2.75) is 58.2 Å². The summed E-state index contributed by atoms with van der Waals surface area (Å²) in [5.74, 6) is -0.129. The molecule has 1 aromatic carbocycles. The number of likely N-dealkylation sites (tertiary alicyclic amines) is 1. The SMILES string of the molecule is CC(C)N1C(c2cccc(F)c2)CCC1(C)C. The van der Waals surface area contributed by atoms with Crippen molar-refractivity contribution in [1.29, 1.82) is 0 Å². The van der Waals surface area contributed by atoms with Crippen molar-refractivity contribution in [2.75, 3.05) is 0 Å². The summed E-state index contributed by atoms with van der Waals surface area (Å²) in [7, 11) is 0. The molecule has 1 saturated heterocycles. The topological polar surface area (TPSA) is 3.24 Å². The standard InChI is InChI=1S/C15H22FN/c1-11(2)17-14(8-9-15(17,3)4)12-6-5-7-13(16)10-12/h5-7,10-11,14H,8-9H2,1-4H3. The predicted molar refractivity (Wildman–Crippen MR) is 69.4 cm³/mol. The second kappa shape index (κ2) is 4.41. The molecule has 1 aliphatic heterocycles. The maximum atomic E-state index is 13.3. The predicted octanol–water partition coefficient (Wildman–Crippen LogP) is 4.15. The van der Waals surface area contributed by atoms with Crippen LogP contribution in [-0.4, -0.2) is 16.5 Å². The van der Waals surface area contributed by atoms with Gasteiger partial charge in [-0.05, 0) is 58.2 Å². The molecule has 0 spiro atoms. The van der Waals surface area contributed by atoms with Crippen LogP contribution < -0.4 is 0 Å². The van der Waals surface area contributed by atoms with E-state index in [9.17, 15) is 4.39 Å². The Hall–Kier alpha value is -0.890. The van der Waals surface area contributed by atoms with Gasteiger partial charge >= 0.3 is 0 Å². The zero-order chi connectivity index (χ0) is 12.6. The first-order valence-corrected chi connectivity index (χ1v) is 6.46. The number of hydrogen-bond acceptors (Lipinski definition) is 1. The number of halogens is 1. The highest BCUT2D eigenvalue weighted by Crippen LogP contribution is 2.43. The van der Waals surface area contributed by atoms with Crippen molar-refractivity contribution in [2.24, 2.45) is 0 Å². The molecule has 2 rings (SSSR count). The fraction of sp³-hybridized carbons (Fsp3) is 0.600. The molecule has 0 amide bonds. The van der Waals surface area contributed by atoms with Crippen molar-refractivity contribution in [3.63, 3.8) is 0 Å². The summed E-state index contributed by atoms with van der Waals surface area (Å²) in [5, 5.41) is 0. The molecule has 1 nitrogen and oxygen atoms in total. The van der Waals surface area contributed by atoms with Gasteiger partial charge in [-0.15, -0.1) is 0 Å². The van der Waals surface area contributed by atoms with Gasteiger partial charge in [-0.3, -0.25) is 4.90 Å². The quantitative estimate of drug-likeness (QED) is 0.744. The first kappa shape index (κ1) is 12.6. The average molecular weight is 235 g/mol. The van der Waals surface area contributed by atoms with Gasteiger partial charge in [0.1, 0.15) is 5.82 Å². The summed E-state index contributed by atoms with van der Waals surface area (Å²) in [4.78, 5) is 2.52. The van der Waals surface area contributed by atoms with Crippen LogP contribution in [0.5, 0.6) is 0 Å². The lowest BCUT2D eigenvalue weighted by atomic mass is 10.0. The Morgan fingerprint density at radius 3 is 2.65 bits per heavy atom. The van der Waals surface area contributed by atoms with E-state index in [-0.39, 0.29) is 11.4 Å². The van der Waals surface area contributed by atoms with Crippen LogP contribution in [0.25, 0.3) is 0 Å². The minimum Gasteiger partial charge on any atom is -0.289 e. The molecule has 1 atom stereocenters. The van der Waals surface area contributed by atoms with E-state index >= 15 is 0 Å². The van der Waals surface area contributed by atoms with Gasteiger partial charge in [-0.1, -0.05) is 12.1 Å². The monoisotopic (exact) mass is 235 g/mol. The van der Waals surface area contributed by atoms with E-state index in [1.807, 2.05) is 12.1 Å². The Balaban J connectivity index is 2.33. The highest BCUT2D eigenvalue weighted by molar-refractivity contribution is 5.22. The van der Waals surface area contributed by atoms with E-state index in [0.29, 0.717) is 12.1 Å². The number of benzene rings is 1. The molecule has 1 heterocycles. The van der Waals surface area contributed by atoms with Crippen LogP contribution >= 0.6 is 0 Å². The zero-order valence-corrected chi connectivity index (χ0v) is 11.2. The average Bonchev–Trinajstić information content (AvgIpc) is 2.54. The number of nitrogens with zero attached hydrogens (tertiary/aromatic N) is 1. The molecule has 0 saturated carbocycles. The minimum absolute atomic E-state index is 0.129. The Morgan fingerprint density at radius 1 is 1.35 bits per heavy atom. The van der Waals surface area contributed by atoms with Crippen molar-refractivity contribution in [1.82, 2.24) is 4.90 Å². The smallest absolute Gasteiger partial charge is 0.123 e. The Labute approximate surface area is 104 Å². The van der Waals surface area contributed by atoms with Gasteiger partial charge in [0.25, 0.3) is 0 Å². The molecule has 1 unspecified atom stereocenters. The van der Waals surface area contributed by atoms with Crippen molar-refractivity contribution >= 4 is 0 Å². The van der Waals surface area contributed by atoms with E-state index in [1.54, 1.807) is 6.07 Å². The summed E-state index contributed by atoms with van der Waals surface area (Å²) in [6.07, 6.45) is 2.29. The van der Waals surface area contributed by atoms with E-state index in [2.05, 4.69) is 32.6 Å². The van der Waals surface area contributed by atoms with E-state index in [1.165, 1.54) is 12.5 Å². The Morgan fingerprint density at radius 2 is 2.06 bits per heavy atom. The number of rotatable bonds is 2. The molecule has 17 heavy (non-hydrogen) atoms. The lowest BCUT2D eigenvalue weighted by Gasteiger charge is -2.39. The first-order valence-electron chi connectivity index (χ1n) is 6.46. The van der Waals surface area contributed by atoms with Gasteiger partial charge in [0.05, 0.1) is 0 Å². The van der Waals surface area contributed by atoms with E-state index < -0.39 is 0 Å². The van der Waals surface area contributed by atoms with Gasteiger partial charge in [0.2, 0.25) is 0 Å². The molecular weight excluding hydrogens is 213 g/mol. The molecule has 94 valence electrons. The van der Waals surface area contributed by atoms with E-state index in [4.69, 9.17) is 0 Å². The van der Waals surface area contributed by atoms with Crippen LogP contribution in [0.2, 0.25) is 0 Å². The zero-order valence-electron chi connectivity index (χ0n) is 11.2. The second-order valence-electron chi connectivity index (χ2n) is 5.92. The highest BCUT2D eigenvalue weighted by Gasteiger charge is 2.41. The summed E-state index contributed by atoms with van der Waals surface area (Å²) in [6, 6.07) is 7.91. The van der Waals surface area contributed by atoms with Crippen LogP contribution in [0.15, 0.2) is 24.3 Å². The lowest BCUT2D eigenvalue weighted by molar-refractivity contribution is 0.0905. The maximum absolute atomic E-state index is 13.3. The summed E-state index contributed by atoms with van der Waals surface area (Å²) in [6.45, 7) is 9.01. The van der Waals surface area contributed by atoms with Crippen molar-refractivity contribution in [3.05, 3.63) is 35.6 Å². The van der Waals surface area contributed by atoms with E-state index in [0.717, 1.165) is 12.0 Å². The lowest BCUT2D eigenvalue weighted by Crippen LogP contribution is -2.44. The van der Waals surface area contributed by atoms with Gasteiger partial charge in [-0.2, -0.15) is 0 Å². The highest BCUT2D eigenvalue weighted by atomic mass is 19.1. The molecule has 0 radical (unpaired) electrons. The molecule has 0 N–H and O–H groups in total. The molecule has 1 fully saturated rings. The molecule has 0 aromatic heterocycles. The van der Waals surface area contributed by atoms with Crippen LogP contribution in [0.3, 0.4) is 0 Å². The van der Waals surface area contributed by atoms with Crippen molar-refractivity contribution < 1.29 is 4.39 Å². The Kier molecular flexibility index (Phi) is 3.26. The fourth-order valence-electron chi connectivity index (χ4n) is 3.28. The van der Waals surface area contributed by atoms with Crippen LogP contribution in [0.4, 0.5) is 4.39 Å². The van der Waals surface area contributed by atoms with Gasteiger partial charge in [0.15, 0.2) is 0 Å². The second-order valence-corrected chi connectivity index (χ2v) is 5.92.